The van der Waals surface area contributed by atoms with Gasteiger partial charge in [-0.3, -0.25) is 9.59 Å². The summed E-state index contributed by atoms with van der Waals surface area (Å²) in [7, 11) is 0. The summed E-state index contributed by atoms with van der Waals surface area (Å²) in [6.07, 6.45) is 4.20. The Labute approximate surface area is 107 Å². The molecule has 1 unspecified atom stereocenters. The summed E-state index contributed by atoms with van der Waals surface area (Å²) >= 11 is 0. The molecule has 0 radical (unpaired) electrons. The number of carbonyl (C=O) groups excluding carboxylic acids is 1. The highest BCUT2D eigenvalue weighted by Crippen LogP contribution is 2.33. The van der Waals surface area contributed by atoms with Crippen molar-refractivity contribution >= 4 is 11.9 Å². The SMILES string of the molecule is NCC1CCN(C(=O)[C@@H]2CCCC[C@@H]2C(=O)O)C1. The third kappa shape index (κ3) is 2.66. The van der Waals surface area contributed by atoms with Gasteiger partial charge in [0.15, 0.2) is 0 Å². The summed E-state index contributed by atoms with van der Waals surface area (Å²) < 4.78 is 0. The van der Waals surface area contributed by atoms with Gasteiger partial charge < -0.3 is 15.7 Å². The third-order valence-electron chi connectivity index (χ3n) is 4.33. The van der Waals surface area contributed by atoms with Gasteiger partial charge in [-0.25, -0.2) is 0 Å². The van der Waals surface area contributed by atoms with Gasteiger partial charge in [0.05, 0.1) is 11.8 Å². The van der Waals surface area contributed by atoms with E-state index in [9.17, 15) is 14.7 Å². The quantitative estimate of drug-likeness (QED) is 0.776. The van der Waals surface area contributed by atoms with Crippen LogP contribution in [0.25, 0.3) is 0 Å². The van der Waals surface area contributed by atoms with Gasteiger partial charge in [-0.1, -0.05) is 12.8 Å². The Kier molecular flexibility index (Phi) is 4.22. The van der Waals surface area contributed by atoms with Crippen LogP contribution in [0.4, 0.5) is 0 Å². The van der Waals surface area contributed by atoms with Crippen molar-refractivity contribution in [2.45, 2.75) is 32.1 Å². The van der Waals surface area contributed by atoms with Crippen LogP contribution in [-0.4, -0.2) is 41.5 Å². The fraction of sp³-hybridized carbons (Fsp3) is 0.846. The van der Waals surface area contributed by atoms with E-state index in [0.717, 1.165) is 32.2 Å². The molecule has 18 heavy (non-hydrogen) atoms. The minimum absolute atomic E-state index is 0.0399. The van der Waals surface area contributed by atoms with Crippen LogP contribution >= 0.6 is 0 Å². The zero-order valence-corrected chi connectivity index (χ0v) is 10.7. The van der Waals surface area contributed by atoms with Crippen LogP contribution in [0.5, 0.6) is 0 Å². The molecule has 0 aromatic rings. The normalized spacial score (nSPS) is 32.5. The van der Waals surface area contributed by atoms with Gasteiger partial charge in [-0.05, 0) is 31.7 Å². The van der Waals surface area contributed by atoms with E-state index >= 15 is 0 Å². The number of carbonyl (C=O) groups is 2. The number of aliphatic carboxylic acids is 1. The molecule has 1 heterocycles. The zero-order chi connectivity index (χ0) is 13.1. The van der Waals surface area contributed by atoms with Gasteiger partial charge in [0.1, 0.15) is 0 Å². The van der Waals surface area contributed by atoms with Gasteiger partial charge in [0, 0.05) is 13.1 Å². The molecule has 2 aliphatic rings. The summed E-state index contributed by atoms with van der Waals surface area (Å²) in [5.74, 6) is -1.18. The molecule has 0 spiro atoms. The Morgan fingerprint density at radius 3 is 2.39 bits per heavy atom. The van der Waals surface area contributed by atoms with Crippen LogP contribution in [0.15, 0.2) is 0 Å². The van der Waals surface area contributed by atoms with E-state index in [0.29, 0.717) is 25.4 Å². The Hall–Kier alpha value is -1.10. The molecule has 1 saturated heterocycles. The molecule has 2 fully saturated rings. The first-order valence-electron chi connectivity index (χ1n) is 6.85. The smallest absolute Gasteiger partial charge is 0.307 e. The molecule has 1 aliphatic heterocycles. The monoisotopic (exact) mass is 254 g/mol. The second kappa shape index (κ2) is 5.69. The number of hydrogen-bond acceptors (Lipinski definition) is 3. The lowest BCUT2D eigenvalue weighted by Gasteiger charge is -2.31. The molecular formula is C13H22N2O3. The van der Waals surface area contributed by atoms with Gasteiger partial charge in [-0.2, -0.15) is 0 Å². The van der Waals surface area contributed by atoms with Crippen molar-refractivity contribution in [2.75, 3.05) is 19.6 Å². The summed E-state index contributed by atoms with van der Waals surface area (Å²) in [6.45, 7) is 2.05. The second-order valence-corrected chi connectivity index (χ2v) is 5.51. The van der Waals surface area contributed by atoms with Crippen molar-refractivity contribution < 1.29 is 14.7 Å². The molecule has 5 heteroatoms. The van der Waals surface area contributed by atoms with E-state index in [1.807, 2.05) is 4.90 Å². The van der Waals surface area contributed by atoms with Gasteiger partial charge >= 0.3 is 5.97 Å². The third-order valence-corrected chi connectivity index (χ3v) is 4.33. The summed E-state index contributed by atoms with van der Waals surface area (Å²) in [5.41, 5.74) is 5.62. The molecule has 102 valence electrons. The molecule has 2 rings (SSSR count). The number of carboxylic acids is 1. The first-order chi connectivity index (χ1) is 8.63. The average molecular weight is 254 g/mol. The molecular weight excluding hydrogens is 232 g/mol. The highest BCUT2D eigenvalue weighted by molar-refractivity contribution is 5.85. The number of likely N-dealkylation sites (tertiary alicyclic amines) is 1. The molecule has 0 aromatic heterocycles. The number of hydrogen-bond donors (Lipinski definition) is 2. The highest BCUT2D eigenvalue weighted by atomic mass is 16.4. The van der Waals surface area contributed by atoms with Gasteiger partial charge in [0.2, 0.25) is 5.91 Å². The van der Waals surface area contributed by atoms with E-state index < -0.39 is 11.9 Å². The van der Waals surface area contributed by atoms with Crippen LogP contribution < -0.4 is 5.73 Å². The van der Waals surface area contributed by atoms with E-state index in [1.165, 1.54) is 0 Å². The average Bonchev–Trinajstić information content (AvgIpc) is 2.86. The zero-order valence-electron chi connectivity index (χ0n) is 10.7. The van der Waals surface area contributed by atoms with E-state index in [4.69, 9.17) is 5.73 Å². The van der Waals surface area contributed by atoms with Crippen molar-refractivity contribution in [1.29, 1.82) is 0 Å². The Morgan fingerprint density at radius 1 is 1.17 bits per heavy atom. The van der Waals surface area contributed by atoms with Crippen molar-refractivity contribution in [2.24, 2.45) is 23.5 Å². The molecule has 5 nitrogen and oxygen atoms in total. The van der Waals surface area contributed by atoms with Crippen molar-refractivity contribution in [3.8, 4) is 0 Å². The van der Waals surface area contributed by atoms with Gasteiger partial charge in [0.25, 0.3) is 0 Å². The van der Waals surface area contributed by atoms with Crippen molar-refractivity contribution in [3.63, 3.8) is 0 Å². The summed E-state index contributed by atoms with van der Waals surface area (Å²) in [5, 5.41) is 9.21. The van der Waals surface area contributed by atoms with Crippen molar-refractivity contribution in [1.82, 2.24) is 4.90 Å². The molecule has 0 bridgehead atoms. The minimum atomic E-state index is -0.817. The van der Waals surface area contributed by atoms with Crippen LogP contribution in [0.1, 0.15) is 32.1 Å². The second-order valence-electron chi connectivity index (χ2n) is 5.51. The Bertz CT molecular complexity index is 332. The highest BCUT2D eigenvalue weighted by Gasteiger charge is 2.39. The molecule has 1 saturated carbocycles. The van der Waals surface area contributed by atoms with Crippen molar-refractivity contribution in [3.05, 3.63) is 0 Å². The fourth-order valence-corrected chi connectivity index (χ4v) is 3.18. The van der Waals surface area contributed by atoms with Crippen LogP contribution in [-0.2, 0) is 9.59 Å². The number of amides is 1. The van der Waals surface area contributed by atoms with Gasteiger partial charge in [-0.15, -0.1) is 0 Å². The first-order valence-corrected chi connectivity index (χ1v) is 6.85. The largest absolute Gasteiger partial charge is 0.481 e. The van der Waals surface area contributed by atoms with Crippen LogP contribution in [0, 0.1) is 17.8 Å². The predicted octanol–water partition coefficient (Wildman–Crippen LogP) is 0.685. The lowest BCUT2D eigenvalue weighted by atomic mass is 9.78. The maximum absolute atomic E-state index is 12.4. The standard InChI is InChI=1S/C13H22N2O3/c14-7-9-5-6-15(8-9)12(16)10-3-1-2-4-11(10)13(17)18/h9-11H,1-8,14H2,(H,17,18)/t9?,10-,11+/m1/s1. The summed E-state index contributed by atoms with van der Waals surface area (Å²) in [4.78, 5) is 25.4. The number of nitrogens with two attached hydrogens (primary N) is 1. The molecule has 1 aliphatic carbocycles. The number of carboxylic acid groups (broad SMARTS) is 1. The van der Waals surface area contributed by atoms with Crippen LogP contribution in [0.3, 0.4) is 0 Å². The van der Waals surface area contributed by atoms with E-state index in [2.05, 4.69) is 0 Å². The molecule has 3 N–H and O–H groups in total. The molecule has 1 amide bonds. The molecule has 0 aromatic carbocycles. The molecule has 3 atom stereocenters. The topological polar surface area (TPSA) is 83.6 Å². The Morgan fingerprint density at radius 2 is 1.83 bits per heavy atom. The maximum atomic E-state index is 12.4. The van der Waals surface area contributed by atoms with E-state index in [1.54, 1.807) is 0 Å². The number of nitrogens with zero attached hydrogens (tertiary/aromatic N) is 1. The number of rotatable bonds is 3. The lowest BCUT2D eigenvalue weighted by Crippen LogP contribution is -2.41. The van der Waals surface area contributed by atoms with E-state index in [-0.39, 0.29) is 11.8 Å². The summed E-state index contributed by atoms with van der Waals surface area (Å²) in [6, 6.07) is 0. The first kappa shape index (κ1) is 13.3. The lowest BCUT2D eigenvalue weighted by molar-refractivity contribution is -0.151. The predicted molar refractivity (Wildman–Crippen MR) is 66.8 cm³/mol. The maximum Gasteiger partial charge on any atom is 0.307 e. The Balaban J connectivity index is 2.00. The minimum Gasteiger partial charge on any atom is -0.481 e. The van der Waals surface area contributed by atoms with Crippen LogP contribution in [0.2, 0.25) is 0 Å². The fourth-order valence-electron chi connectivity index (χ4n) is 3.18.